The molecular formula is C11H13ClN2O. The van der Waals surface area contributed by atoms with Crippen LogP contribution in [0.2, 0.25) is 5.15 Å². The molecule has 0 aliphatic heterocycles. The van der Waals surface area contributed by atoms with Gasteiger partial charge in [0.15, 0.2) is 0 Å². The highest BCUT2D eigenvalue weighted by molar-refractivity contribution is 6.31. The van der Waals surface area contributed by atoms with Crippen LogP contribution in [0, 0.1) is 6.92 Å². The highest BCUT2D eigenvalue weighted by Gasteiger charge is 2.19. The Balaban J connectivity index is 2.45. The lowest BCUT2D eigenvalue weighted by Gasteiger charge is -2.11. The van der Waals surface area contributed by atoms with Crippen molar-refractivity contribution >= 4 is 23.0 Å². The van der Waals surface area contributed by atoms with Crippen LogP contribution in [-0.2, 0) is 11.8 Å². The Kier molecular flexibility index (Phi) is 2.65. The lowest BCUT2D eigenvalue weighted by Crippen LogP contribution is -2.04. The van der Waals surface area contributed by atoms with E-state index in [1.807, 2.05) is 14.0 Å². The Hall–Kier alpha value is -1.09. The molecule has 1 aromatic heterocycles. The number of aryl methyl sites for hydroxylation is 2. The highest BCUT2D eigenvalue weighted by Crippen LogP contribution is 2.32. The predicted octanol–water partition coefficient (Wildman–Crippen LogP) is 2.52. The Morgan fingerprint density at radius 3 is 2.80 bits per heavy atom. The number of carbonyl (C=O) groups is 1. The van der Waals surface area contributed by atoms with Gasteiger partial charge in [0.25, 0.3) is 0 Å². The first-order valence-corrected chi connectivity index (χ1v) is 5.37. The third-order valence-electron chi connectivity index (χ3n) is 2.67. The second-order valence-corrected chi connectivity index (χ2v) is 4.22. The van der Waals surface area contributed by atoms with Crippen LogP contribution in [0.25, 0.3) is 5.57 Å². The Morgan fingerprint density at radius 1 is 1.53 bits per heavy atom. The third-order valence-corrected chi connectivity index (χ3v) is 3.11. The van der Waals surface area contributed by atoms with E-state index in [1.54, 1.807) is 4.68 Å². The molecule has 4 heteroatoms. The predicted molar refractivity (Wildman–Crippen MR) is 59.8 cm³/mol. The second-order valence-electron chi connectivity index (χ2n) is 3.86. The maximum Gasteiger partial charge on any atom is 0.137 e. The van der Waals surface area contributed by atoms with E-state index < -0.39 is 0 Å². The number of ketones is 1. The molecule has 0 saturated carbocycles. The normalized spacial score (nSPS) is 16.7. The number of carbonyl (C=O) groups excluding carboxylic acids is 1. The van der Waals surface area contributed by atoms with Gasteiger partial charge in [0.05, 0.1) is 5.69 Å². The van der Waals surface area contributed by atoms with Crippen LogP contribution >= 0.6 is 11.6 Å². The monoisotopic (exact) mass is 224 g/mol. The maximum absolute atomic E-state index is 11.4. The van der Waals surface area contributed by atoms with Crippen LogP contribution in [0.1, 0.15) is 30.5 Å². The molecule has 0 aromatic carbocycles. The summed E-state index contributed by atoms with van der Waals surface area (Å²) < 4.78 is 1.64. The average molecular weight is 225 g/mol. The van der Waals surface area contributed by atoms with Gasteiger partial charge in [-0.25, -0.2) is 0 Å². The van der Waals surface area contributed by atoms with Crippen LogP contribution in [0.4, 0.5) is 0 Å². The summed E-state index contributed by atoms with van der Waals surface area (Å²) in [5.41, 5.74) is 2.86. The molecule has 3 nitrogen and oxygen atoms in total. The van der Waals surface area contributed by atoms with E-state index in [0.29, 0.717) is 18.0 Å². The van der Waals surface area contributed by atoms with E-state index in [2.05, 4.69) is 11.2 Å². The molecule has 1 aliphatic carbocycles. The molecule has 0 N–H and O–H groups in total. The van der Waals surface area contributed by atoms with Crippen molar-refractivity contribution in [2.75, 3.05) is 0 Å². The average Bonchev–Trinajstić information content (AvgIpc) is 2.41. The van der Waals surface area contributed by atoms with Gasteiger partial charge < -0.3 is 0 Å². The van der Waals surface area contributed by atoms with Crippen molar-refractivity contribution in [3.8, 4) is 0 Å². The highest BCUT2D eigenvalue weighted by atomic mass is 35.5. The van der Waals surface area contributed by atoms with Crippen LogP contribution in [0.15, 0.2) is 6.08 Å². The summed E-state index contributed by atoms with van der Waals surface area (Å²) in [5, 5.41) is 4.86. The van der Waals surface area contributed by atoms with Crippen molar-refractivity contribution in [2.45, 2.75) is 26.2 Å². The fraction of sp³-hybridized carbons (Fsp3) is 0.455. The SMILES string of the molecule is Cc1nn(C)c(Cl)c1C1=CCCC(=O)C1. The molecule has 1 aliphatic rings. The summed E-state index contributed by atoms with van der Waals surface area (Å²) in [6.45, 7) is 1.92. The molecule has 0 amide bonds. The first-order chi connectivity index (χ1) is 7.09. The van der Waals surface area contributed by atoms with Crippen molar-refractivity contribution in [1.82, 2.24) is 9.78 Å². The summed E-state index contributed by atoms with van der Waals surface area (Å²) in [7, 11) is 1.81. The number of allylic oxidation sites excluding steroid dienone is 2. The van der Waals surface area contributed by atoms with Crippen LogP contribution in [-0.4, -0.2) is 15.6 Å². The number of rotatable bonds is 1. The largest absolute Gasteiger partial charge is 0.299 e. The van der Waals surface area contributed by atoms with Gasteiger partial charge in [-0.1, -0.05) is 17.7 Å². The standard InChI is InChI=1S/C11H13ClN2O/c1-7-10(11(12)14(2)13-7)8-4-3-5-9(15)6-8/h4H,3,5-6H2,1-2H3. The first-order valence-electron chi connectivity index (χ1n) is 5.00. The quantitative estimate of drug-likeness (QED) is 0.735. The van der Waals surface area contributed by atoms with Crippen molar-refractivity contribution in [3.05, 3.63) is 22.5 Å². The number of aromatic nitrogens is 2. The fourth-order valence-electron chi connectivity index (χ4n) is 1.97. The van der Waals surface area contributed by atoms with Crippen LogP contribution in [0.5, 0.6) is 0 Å². The molecule has 1 heterocycles. The van der Waals surface area contributed by atoms with Gasteiger partial charge in [-0.3, -0.25) is 9.48 Å². The van der Waals surface area contributed by atoms with E-state index in [1.165, 1.54) is 0 Å². The van der Waals surface area contributed by atoms with Crippen molar-refractivity contribution in [2.24, 2.45) is 7.05 Å². The topological polar surface area (TPSA) is 34.9 Å². The molecule has 1 aromatic rings. The van der Waals surface area contributed by atoms with Gasteiger partial charge in [0.1, 0.15) is 10.9 Å². The molecule has 0 saturated heterocycles. The minimum absolute atomic E-state index is 0.284. The van der Waals surface area contributed by atoms with Gasteiger partial charge in [-0.05, 0) is 18.9 Å². The minimum atomic E-state index is 0.284. The third kappa shape index (κ3) is 1.84. The van der Waals surface area contributed by atoms with Gasteiger partial charge in [0.2, 0.25) is 0 Å². The van der Waals surface area contributed by atoms with Crippen molar-refractivity contribution < 1.29 is 4.79 Å². The van der Waals surface area contributed by atoms with Gasteiger partial charge in [-0.15, -0.1) is 0 Å². The molecule has 0 fully saturated rings. The molecule has 0 spiro atoms. The lowest BCUT2D eigenvalue weighted by molar-refractivity contribution is -0.118. The van der Waals surface area contributed by atoms with Crippen LogP contribution in [0.3, 0.4) is 0 Å². The first kappa shape index (κ1) is 10.4. The number of Topliss-reactive ketones (excluding diaryl/α,β-unsaturated/α-hetero) is 1. The van der Waals surface area contributed by atoms with Gasteiger partial charge in [-0.2, -0.15) is 5.10 Å². The Bertz CT molecular complexity index is 446. The Labute approximate surface area is 93.7 Å². The summed E-state index contributed by atoms with van der Waals surface area (Å²) in [5.74, 6) is 0.284. The zero-order valence-electron chi connectivity index (χ0n) is 8.88. The van der Waals surface area contributed by atoms with Gasteiger partial charge in [0, 0.05) is 25.5 Å². The van der Waals surface area contributed by atoms with Crippen molar-refractivity contribution in [3.63, 3.8) is 0 Å². The summed E-state index contributed by atoms with van der Waals surface area (Å²) in [4.78, 5) is 11.4. The van der Waals surface area contributed by atoms with Crippen molar-refractivity contribution in [1.29, 1.82) is 0 Å². The number of hydrogen-bond acceptors (Lipinski definition) is 2. The Morgan fingerprint density at radius 2 is 2.27 bits per heavy atom. The summed E-state index contributed by atoms with van der Waals surface area (Å²) in [6, 6.07) is 0. The fourth-order valence-corrected chi connectivity index (χ4v) is 2.26. The minimum Gasteiger partial charge on any atom is -0.299 e. The molecule has 15 heavy (non-hydrogen) atoms. The molecule has 0 bridgehead atoms. The molecule has 0 unspecified atom stereocenters. The lowest BCUT2D eigenvalue weighted by atomic mass is 9.93. The molecule has 0 radical (unpaired) electrons. The van der Waals surface area contributed by atoms with Gasteiger partial charge >= 0.3 is 0 Å². The summed E-state index contributed by atoms with van der Waals surface area (Å²) in [6.07, 6.45) is 4.06. The van der Waals surface area contributed by atoms with E-state index >= 15 is 0 Å². The molecule has 0 atom stereocenters. The zero-order chi connectivity index (χ0) is 11.0. The number of nitrogens with zero attached hydrogens (tertiary/aromatic N) is 2. The zero-order valence-corrected chi connectivity index (χ0v) is 9.64. The van der Waals surface area contributed by atoms with E-state index in [9.17, 15) is 4.79 Å². The number of halogens is 1. The molecule has 80 valence electrons. The smallest absolute Gasteiger partial charge is 0.137 e. The molecular weight excluding hydrogens is 212 g/mol. The second kappa shape index (κ2) is 3.81. The molecule has 2 rings (SSSR count). The van der Waals surface area contributed by atoms with E-state index in [4.69, 9.17) is 11.6 Å². The summed E-state index contributed by atoms with van der Waals surface area (Å²) >= 11 is 6.14. The van der Waals surface area contributed by atoms with E-state index in [-0.39, 0.29) is 5.78 Å². The van der Waals surface area contributed by atoms with E-state index in [0.717, 1.165) is 23.3 Å². The number of hydrogen-bond donors (Lipinski definition) is 0. The maximum atomic E-state index is 11.4. The van der Waals surface area contributed by atoms with Crippen LogP contribution < -0.4 is 0 Å².